The van der Waals surface area contributed by atoms with Crippen LogP contribution in [0.5, 0.6) is 5.75 Å². The number of nitrogens with two attached hydrogens (primary N) is 1. The van der Waals surface area contributed by atoms with Gasteiger partial charge in [0.15, 0.2) is 5.96 Å². The Morgan fingerprint density at radius 3 is 3.00 bits per heavy atom. The number of rotatable bonds is 4. The zero-order valence-electron chi connectivity index (χ0n) is 9.16. The third kappa shape index (κ3) is 3.89. The van der Waals surface area contributed by atoms with Gasteiger partial charge in [0.05, 0.1) is 6.61 Å². The van der Waals surface area contributed by atoms with Crippen molar-refractivity contribution in [1.29, 1.82) is 0 Å². The highest BCUT2D eigenvalue weighted by atomic mass is 16.5. The zero-order chi connectivity index (χ0) is 11.1. The molecule has 0 saturated carbocycles. The van der Waals surface area contributed by atoms with Crippen molar-refractivity contribution in [2.24, 2.45) is 10.7 Å². The Labute approximate surface area is 90.2 Å². The molecular weight excluding hydrogens is 190 g/mol. The van der Waals surface area contributed by atoms with E-state index >= 15 is 0 Å². The van der Waals surface area contributed by atoms with E-state index in [1.54, 1.807) is 7.05 Å². The molecule has 82 valence electrons. The van der Waals surface area contributed by atoms with Gasteiger partial charge in [0, 0.05) is 13.6 Å². The predicted molar refractivity (Wildman–Crippen MR) is 62.0 cm³/mol. The van der Waals surface area contributed by atoms with Crippen LogP contribution in [0.25, 0.3) is 0 Å². The van der Waals surface area contributed by atoms with Crippen LogP contribution < -0.4 is 15.8 Å². The quantitative estimate of drug-likeness (QED) is 0.574. The molecule has 0 fully saturated rings. The fourth-order valence-corrected chi connectivity index (χ4v) is 1.18. The predicted octanol–water partition coefficient (Wildman–Crippen LogP) is 1.12. The second-order valence-corrected chi connectivity index (χ2v) is 3.04. The lowest BCUT2D eigenvalue weighted by Gasteiger charge is -2.07. The summed E-state index contributed by atoms with van der Waals surface area (Å²) in [5.74, 6) is 1.32. The molecule has 0 aliphatic carbocycles. The third-order valence-electron chi connectivity index (χ3n) is 1.92. The number of benzene rings is 1. The van der Waals surface area contributed by atoms with Gasteiger partial charge in [-0.2, -0.15) is 0 Å². The van der Waals surface area contributed by atoms with Crippen molar-refractivity contribution in [1.82, 2.24) is 5.32 Å². The maximum absolute atomic E-state index is 5.53. The van der Waals surface area contributed by atoms with E-state index in [2.05, 4.69) is 10.3 Å². The molecule has 1 aromatic carbocycles. The van der Waals surface area contributed by atoms with E-state index < -0.39 is 0 Å². The summed E-state index contributed by atoms with van der Waals surface area (Å²) >= 11 is 0. The van der Waals surface area contributed by atoms with Gasteiger partial charge >= 0.3 is 0 Å². The first kappa shape index (κ1) is 11.4. The Kier molecular flexibility index (Phi) is 4.47. The molecule has 0 spiro atoms. The second kappa shape index (κ2) is 5.90. The van der Waals surface area contributed by atoms with Crippen LogP contribution >= 0.6 is 0 Å². The number of hydrogen-bond donors (Lipinski definition) is 2. The van der Waals surface area contributed by atoms with Crippen molar-refractivity contribution < 1.29 is 4.74 Å². The number of hydrogen-bond acceptors (Lipinski definition) is 2. The molecule has 15 heavy (non-hydrogen) atoms. The van der Waals surface area contributed by atoms with E-state index in [9.17, 15) is 0 Å². The number of nitrogens with zero attached hydrogens (tertiary/aromatic N) is 1. The molecule has 4 nitrogen and oxygen atoms in total. The lowest BCUT2D eigenvalue weighted by atomic mass is 10.2. The molecule has 1 aromatic rings. The summed E-state index contributed by atoms with van der Waals surface area (Å²) in [4.78, 5) is 3.81. The van der Waals surface area contributed by atoms with Gasteiger partial charge < -0.3 is 15.8 Å². The average molecular weight is 207 g/mol. The summed E-state index contributed by atoms with van der Waals surface area (Å²) in [6.07, 6.45) is 0. The van der Waals surface area contributed by atoms with Gasteiger partial charge in [-0.15, -0.1) is 0 Å². The van der Waals surface area contributed by atoms with Crippen LogP contribution in [0.15, 0.2) is 29.3 Å². The van der Waals surface area contributed by atoms with Crippen molar-refractivity contribution in [2.45, 2.75) is 13.5 Å². The largest absolute Gasteiger partial charge is 0.494 e. The van der Waals surface area contributed by atoms with Gasteiger partial charge in [0.1, 0.15) is 5.75 Å². The van der Waals surface area contributed by atoms with E-state index in [4.69, 9.17) is 10.5 Å². The molecule has 0 heterocycles. The maximum Gasteiger partial charge on any atom is 0.188 e. The van der Waals surface area contributed by atoms with E-state index in [-0.39, 0.29) is 0 Å². The second-order valence-electron chi connectivity index (χ2n) is 3.04. The zero-order valence-corrected chi connectivity index (χ0v) is 9.16. The lowest BCUT2D eigenvalue weighted by molar-refractivity contribution is 0.340. The average Bonchev–Trinajstić information content (AvgIpc) is 2.27. The molecule has 4 heteroatoms. The van der Waals surface area contributed by atoms with Crippen LogP contribution in [0.4, 0.5) is 0 Å². The summed E-state index contributed by atoms with van der Waals surface area (Å²) < 4.78 is 5.39. The molecule has 0 unspecified atom stereocenters. The molecule has 0 aliphatic heterocycles. The number of nitrogens with one attached hydrogen (secondary N) is 1. The van der Waals surface area contributed by atoms with Crippen LogP contribution in [0, 0.1) is 0 Å². The standard InChI is InChI=1S/C11H17N3O/c1-3-15-10-6-4-5-9(7-10)8-14-11(12)13-2/h4-7H,3,8H2,1-2H3,(H3,12,13,14). The van der Waals surface area contributed by atoms with Crippen LogP contribution in [-0.4, -0.2) is 19.6 Å². The molecular formula is C11H17N3O. The van der Waals surface area contributed by atoms with Gasteiger partial charge in [0.25, 0.3) is 0 Å². The van der Waals surface area contributed by atoms with E-state index in [1.165, 1.54) is 0 Å². The van der Waals surface area contributed by atoms with Gasteiger partial charge in [-0.25, -0.2) is 0 Å². The van der Waals surface area contributed by atoms with Gasteiger partial charge in [0.2, 0.25) is 0 Å². The summed E-state index contributed by atoms with van der Waals surface area (Å²) in [6, 6.07) is 7.89. The van der Waals surface area contributed by atoms with Crippen molar-refractivity contribution in [2.75, 3.05) is 13.7 Å². The molecule has 0 bridgehead atoms. The van der Waals surface area contributed by atoms with Crippen molar-refractivity contribution in [3.63, 3.8) is 0 Å². The number of guanidine groups is 1. The minimum atomic E-state index is 0.441. The summed E-state index contributed by atoms with van der Waals surface area (Å²) in [7, 11) is 1.65. The summed E-state index contributed by atoms with van der Waals surface area (Å²) in [5, 5.41) is 2.99. The minimum absolute atomic E-state index is 0.441. The molecule has 0 aromatic heterocycles. The smallest absolute Gasteiger partial charge is 0.188 e. The monoisotopic (exact) mass is 207 g/mol. The topological polar surface area (TPSA) is 59.6 Å². The van der Waals surface area contributed by atoms with Crippen LogP contribution in [0.3, 0.4) is 0 Å². The molecule has 0 atom stereocenters. The van der Waals surface area contributed by atoms with Crippen LogP contribution in [-0.2, 0) is 6.54 Å². The van der Waals surface area contributed by atoms with Crippen molar-refractivity contribution in [3.8, 4) is 5.75 Å². The summed E-state index contributed by atoms with van der Waals surface area (Å²) in [6.45, 7) is 3.30. The molecule has 0 radical (unpaired) electrons. The Morgan fingerprint density at radius 1 is 1.53 bits per heavy atom. The fourth-order valence-electron chi connectivity index (χ4n) is 1.18. The number of ether oxygens (including phenoxy) is 1. The minimum Gasteiger partial charge on any atom is -0.494 e. The van der Waals surface area contributed by atoms with Gasteiger partial charge in [-0.1, -0.05) is 12.1 Å². The highest BCUT2D eigenvalue weighted by Gasteiger charge is 1.96. The molecule has 0 aliphatic rings. The molecule has 3 N–H and O–H groups in total. The summed E-state index contributed by atoms with van der Waals surface area (Å²) in [5.41, 5.74) is 6.64. The first-order valence-corrected chi connectivity index (χ1v) is 4.94. The highest BCUT2D eigenvalue weighted by molar-refractivity contribution is 5.77. The highest BCUT2D eigenvalue weighted by Crippen LogP contribution is 2.12. The Hall–Kier alpha value is -1.71. The Morgan fingerprint density at radius 2 is 2.33 bits per heavy atom. The first-order valence-electron chi connectivity index (χ1n) is 4.94. The third-order valence-corrected chi connectivity index (χ3v) is 1.92. The van der Waals surface area contributed by atoms with E-state index in [1.807, 2.05) is 31.2 Å². The molecule has 0 amide bonds. The molecule has 0 saturated heterocycles. The lowest BCUT2D eigenvalue weighted by Crippen LogP contribution is -2.30. The van der Waals surface area contributed by atoms with Crippen molar-refractivity contribution >= 4 is 5.96 Å². The maximum atomic E-state index is 5.53. The Balaban J connectivity index is 2.57. The van der Waals surface area contributed by atoms with Crippen LogP contribution in [0.2, 0.25) is 0 Å². The number of aliphatic imine (C=N–C) groups is 1. The van der Waals surface area contributed by atoms with E-state index in [0.29, 0.717) is 19.1 Å². The fraction of sp³-hybridized carbons (Fsp3) is 0.364. The normalized spacial score (nSPS) is 11.2. The van der Waals surface area contributed by atoms with Crippen LogP contribution in [0.1, 0.15) is 12.5 Å². The first-order chi connectivity index (χ1) is 7.26. The van der Waals surface area contributed by atoms with Gasteiger partial charge in [-0.3, -0.25) is 4.99 Å². The SMILES string of the molecule is CCOc1cccc(CNC(N)=NC)c1. The van der Waals surface area contributed by atoms with E-state index in [0.717, 1.165) is 11.3 Å². The molecule has 1 rings (SSSR count). The van der Waals surface area contributed by atoms with Gasteiger partial charge in [-0.05, 0) is 24.6 Å². The van der Waals surface area contributed by atoms with Crippen molar-refractivity contribution in [3.05, 3.63) is 29.8 Å². The Bertz CT molecular complexity index is 336.